The van der Waals surface area contributed by atoms with Gasteiger partial charge in [0.2, 0.25) is 0 Å². The third-order valence-corrected chi connectivity index (χ3v) is 4.58. The summed E-state index contributed by atoms with van der Waals surface area (Å²) in [7, 11) is 0. The van der Waals surface area contributed by atoms with Crippen LogP contribution in [0, 0.1) is 0 Å². The molecule has 1 unspecified atom stereocenters. The standard InChI is InChI=1S/C16H27N5/c1-3-14-18-15(17-4-2)11-16(19-14)21-10-7-13(12-21)20-8-5-6-9-20/h11,13H,3-10,12H2,1-2H3,(H,17,18,19). The summed E-state index contributed by atoms with van der Waals surface area (Å²) < 4.78 is 0. The van der Waals surface area contributed by atoms with E-state index >= 15 is 0 Å². The Morgan fingerprint density at radius 3 is 2.71 bits per heavy atom. The van der Waals surface area contributed by atoms with Gasteiger partial charge in [0.25, 0.3) is 0 Å². The first-order chi connectivity index (χ1) is 10.3. The highest BCUT2D eigenvalue weighted by atomic mass is 15.3. The van der Waals surface area contributed by atoms with Gasteiger partial charge in [-0.05, 0) is 39.3 Å². The van der Waals surface area contributed by atoms with Gasteiger partial charge in [-0.3, -0.25) is 4.90 Å². The van der Waals surface area contributed by atoms with Gasteiger partial charge in [0.05, 0.1) is 0 Å². The average Bonchev–Trinajstić information content (AvgIpc) is 3.18. The van der Waals surface area contributed by atoms with E-state index in [1.54, 1.807) is 0 Å². The molecule has 5 nitrogen and oxygen atoms in total. The molecular weight excluding hydrogens is 262 g/mol. The average molecular weight is 289 g/mol. The SMILES string of the molecule is CCNc1cc(N2CCC(N3CCCC3)C2)nc(CC)n1. The highest BCUT2D eigenvalue weighted by Crippen LogP contribution is 2.25. The summed E-state index contributed by atoms with van der Waals surface area (Å²) in [4.78, 5) is 14.4. The van der Waals surface area contributed by atoms with Crippen LogP contribution in [0.15, 0.2) is 6.07 Å². The fourth-order valence-corrected chi connectivity index (χ4v) is 3.43. The van der Waals surface area contributed by atoms with Crippen LogP contribution in [0.1, 0.15) is 38.9 Å². The lowest BCUT2D eigenvalue weighted by Gasteiger charge is -2.24. The van der Waals surface area contributed by atoms with Crippen molar-refractivity contribution < 1.29 is 0 Å². The van der Waals surface area contributed by atoms with Gasteiger partial charge in [-0.2, -0.15) is 0 Å². The molecule has 2 fully saturated rings. The largest absolute Gasteiger partial charge is 0.370 e. The van der Waals surface area contributed by atoms with Crippen molar-refractivity contribution >= 4 is 11.6 Å². The van der Waals surface area contributed by atoms with Crippen molar-refractivity contribution in [2.24, 2.45) is 0 Å². The van der Waals surface area contributed by atoms with E-state index in [0.29, 0.717) is 0 Å². The fourth-order valence-electron chi connectivity index (χ4n) is 3.43. The van der Waals surface area contributed by atoms with Gasteiger partial charge in [0, 0.05) is 38.2 Å². The number of hydrogen-bond acceptors (Lipinski definition) is 5. The van der Waals surface area contributed by atoms with E-state index in [0.717, 1.165) is 49.6 Å². The van der Waals surface area contributed by atoms with Gasteiger partial charge in [-0.15, -0.1) is 0 Å². The number of hydrogen-bond donors (Lipinski definition) is 1. The van der Waals surface area contributed by atoms with Crippen molar-refractivity contribution in [3.63, 3.8) is 0 Å². The Labute approximate surface area is 127 Å². The summed E-state index contributed by atoms with van der Waals surface area (Å²) in [5, 5.41) is 3.32. The van der Waals surface area contributed by atoms with Crippen molar-refractivity contribution in [3.8, 4) is 0 Å². The summed E-state index contributed by atoms with van der Waals surface area (Å²) in [6, 6.07) is 2.82. The summed E-state index contributed by atoms with van der Waals surface area (Å²) in [6.07, 6.45) is 4.89. The maximum absolute atomic E-state index is 4.73. The Morgan fingerprint density at radius 1 is 1.19 bits per heavy atom. The summed E-state index contributed by atoms with van der Waals surface area (Å²) >= 11 is 0. The molecule has 2 saturated heterocycles. The topological polar surface area (TPSA) is 44.3 Å². The van der Waals surface area contributed by atoms with E-state index in [2.05, 4.69) is 40.0 Å². The number of aromatic nitrogens is 2. The molecule has 2 aliphatic rings. The molecule has 5 heteroatoms. The predicted molar refractivity (Wildman–Crippen MR) is 87.0 cm³/mol. The Balaban J connectivity index is 1.72. The first-order valence-corrected chi connectivity index (χ1v) is 8.41. The summed E-state index contributed by atoms with van der Waals surface area (Å²) in [5.74, 6) is 3.00. The zero-order chi connectivity index (χ0) is 14.7. The number of rotatable bonds is 5. The van der Waals surface area contributed by atoms with Crippen LogP contribution < -0.4 is 10.2 Å². The highest BCUT2D eigenvalue weighted by Gasteiger charge is 2.30. The molecule has 1 atom stereocenters. The summed E-state index contributed by atoms with van der Waals surface area (Å²) in [5.41, 5.74) is 0. The molecule has 1 aromatic rings. The van der Waals surface area contributed by atoms with Crippen LogP contribution in [-0.2, 0) is 6.42 Å². The molecule has 1 N–H and O–H groups in total. The quantitative estimate of drug-likeness (QED) is 0.900. The molecule has 21 heavy (non-hydrogen) atoms. The minimum absolute atomic E-state index is 0.718. The van der Waals surface area contributed by atoms with Crippen molar-refractivity contribution in [3.05, 3.63) is 11.9 Å². The van der Waals surface area contributed by atoms with Gasteiger partial charge in [0.1, 0.15) is 17.5 Å². The molecule has 116 valence electrons. The zero-order valence-corrected chi connectivity index (χ0v) is 13.3. The Kier molecular flexibility index (Phi) is 4.58. The molecule has 0 spiro atoms. The number of nitrogens with one attached hydrogen (secondary N) is 1. The second kappa shape index (κ2) is 6.60. The molecule has 0 radical (unpaired) electrons. The van der Waals surface area contributed by atoms with Crippen LogP contribution in [0.2, 0.25) is 0 Å². The van der Waals surface area contributed by atoms with Crippen LogP contribution in [0.3, 0.4) is 0 Å². The van der Waals surface area contributed by atoms with Crippen LogP contribution in [-0.4, -0.2) is 53.6 Å². The summed E-state index contributed by atoms with van der Waals surface area (Å²) in [6.45, 7) is 9.92. The predicted octanol–water partition coefficient (Wildman–Crippen LogP) is 2.15. The molecule has 0 amide bonds. The van der Waals surface area contributed by atoms with Gasteiger partial charge >= 0.3 is 0 Å². The molecule has 1 aromatic heterocycles. The molecular formula is C16H27N5. The van der Waals surface area contributed by atoms with Crippen molar-refractivity contribution in [1.82, 2.24) is 14.9 Å². The van der Waals surface area contributed by atoms with E-state index in [1.807, 2.05) is 0 Å². The third kappa shape index (κ3) is 3.28. The molecule has 0 aromatic carbocycles. The van der Waals surface area contributed by atoms with Crippen LogP contribution >= 0.6 is 0 Å². The van der Waals surface area contributed by atoms with E-state index < -0.39 is 0 Å². The fraction of sp³-hybridized carbons (Fsp3) is 0.750. The number of aryl methyl sites for hydroxylation is 1. The lowest BCUT2D eigenvalue weighted by Crippen LogP contribution is -2.35. The third-order valence-electron chi connectivity index (χ3n) is 4.58. The second-order valence-corrected chi connectivity index (χ2v) is 6.04. The maximum atomic E-state index is 4.73. The van der Waals surface area contributed by atoms with Crippen molar-refractivity contribution in [2.75, 3.05) is 42.9 Å². The van der Waals surface area contributed by atoms with Crippen LogP contribution in [0.5, 0.6) is 0 Å². The first kappa shape index (κ1) is 14.6. The van der Waals surface area contributed by atoms with E-state index in [1.165, 1.54) is 32.4 Å². The highest BCUT2D eigenvalue weighted by molar-refractivity contribution is 5.50. The normalized spacial score (nSPS) is 23.0. The Hall–Kier alpha value is -1.36. The minimum atomic E-state index is 0.718. The van der Waals surface area contributed by atoms with E-state index in [9.17, 15) is 0 Å². The van der Waals surface area contributed by atoms with Crippen LogP contribution in [0.25, 0.3) is 0 Å². The molecule has 2 aliphatic heterocycles. The van der Waals surface area contributed by atoms with Crippen molar-refractivity contribution in [1.29, 1.82) is 0 Å². The number of likely N-dealkylation sites (tertiary alicyclic amines) is 1. The van der Waals surface area contributed by atoms with Gasteiger partial charge in [-0.1, -0.05) is 6.92 Å². The van der Waals surface area contributed by atoms with Gasteiger partial charge < -0.3 is 10.2 Å². The van der Waals surface area contributed by atoms with E-state index in [4.69, 9.17) is 4.98 Å². The molecule has 3 heterocycles. The van der Waals surface area contributed by atoms with Gasteiger partial charge in [-0.25, -0.2) is 9.97 Å². The lowest BCUT2D eigenvalue weighted by molar-refractivity contribution is 0.260. The molecule has 0 saturated carbocycles. The van der Waals surface area contributed by atoms with E-state index in [-0.39, 0.29) is 0 Å². The smallest absolute Gasteiger partial charge is 0.134 e. The maximum Gasteiger partial charge on any atom is 0.134 e. The van der Waals surface area contributed by atoms with Gasteiger partial charge in [0.15, 0.2) is 0 Å². The zero-order valence-electron chi connectivity index (χ0n) is 13.3. The molecule has 0 bridgehead atoms. The van der Waals surface area contributed by atoms with Crippen LogP contribution in [0.4, 0.5) is 11.6 Å². The first-order valence-electron chi connectivity index (χ1n) is 8.41. The molecule has 0 aliphatic carbocycles. The lowest BCUT2D eigenvalue weighted by atomic mass is 10.2. The molecule has 3 rings (SSSR count). The second-order valence-electron chi connectivity index (χ2n) is 6.04. The number of anilines is 2. The van der Waals surface area contributed by atoms with Crippen molar-refractivity contribution in [2.45, 2.75) is 45.6 Å². The Morgan fingerprint density at radius 2 is 2.00 bits per heavy atom. The minimum Gasteiger partial charge on any atom is -0.370 e. The Bertz CT molecular complexity index is 470. The monoisotopic (exact) mass is 289 g/mol. The number of nitrogens with zero attached hydrogens (tertiary/aromatic N) is 4.